The molecule has 178 valence electrons. The van der Waals surface area contributed by atoms with E-state index in [1.807, 2.05) is 37.3 Å². The van der Waals surface area contributed by atoms with Crippen LogP contribution in [-0.2, 0) is 18.1 Å². The Bertz CT molecular complexity index is 1370. The van der Waals surface area contributed by atoms with Gasteiger partial charge in [-0.05, 0) is 56.9 Å². The summed E-state index contributed by atoms with van der Waals surface area (Å²) < 4.78 is 12.7. The van der Waals surface area contributed by atoms with Gasteiger partial charge in [-0.3, -0.25) is 10.1 Å². The van der Waals surface area contributed by atoms with Gasteiger partial charge < -0.3 is 14.3 Å². The third kappa shape index (κ3) is 6.16. The van der Waals surface area contributed by atoms with Crippen molar-refractivity contribution in [1.29, 1.82) is 0 Å². The number of nitro groups is 1. The van der Waals surface area contributed by atoms with Crippen LogP contribution in [0, 0.1) is 10.1 Å². The van der Waals surface area contributed by atoms with Crippen LogP contribution in [-0.4, -0.2) is 17.7 Å². The van der Waals surface area contributed by atoms with E-state index in [0.29, 0.717) is 30.3 Å². The summed E-state index contributed by atoms with van der Waals surface area (Å²) in [7, 11) is 0. The van der Waals surface area contributed by atoms with Crippen molar-refractivity contribution in [3.05, 3.63) is 110 Å². The van der Waals surface area contributed by atoms with E-state index in [0.717, 1.165) is 26.4 Å². The number of rotatable bonds is 10. The van der Waals surface area contributed by atoms with Crippen molar-refractivity contribution >= 4 is 38.6 Å². The molecule has 0 aliphatic heterocycles. The first kappa shape index (κ1) is 24.2. The molecule has 4 aromatic carbocycles. The predicted molar refractivity (Wildman–Crippen MR) is 139 cm³/mol. The summed E-state index contributed by atoms with van der Waals surface area (Å²) >= 11 is 3.59. The van der Waals surface area contributed by atoms with Crippen molar-refractivity contribution < 1.29 is 19.2 Å². The first-order chi connectivity index (χ1) is 17.0. The molecule has 0 fully saturated rings. The van der Waals surface area contributed by atoms with Gasteiger partial charge in [-0.25, -0.2) is 0 Å². The van der Waals surface area contributed by atoms with Crippen molar-refractivity contribution in [2.45, 2.75) is 20.1 Å². The Hall–Kier alpha value is -3.91. The van der Waals surface area contributed by atoms with Gasteiger partial charge in [-0.2, -0.15) is 0 Å². The molecule has 0 unspecified atom stereocenters. The van der Waals surface area contributed by atoms with Crippen LogP contribution in [0.25, 0.3) is 10.8 Å². The normalized spacial score (nSPS) is 11.0. The Morgan fingerprint density at radius 2 is 1.77 bits per heavy atom. The zero-order chi connectivity index (χ0) is 24.6. The molecule has 8 heteroatoms. The van der Waals surface area contributed by atoms with E-state index in [9.17, 15) is 10.1 Å². The van der Waals surface area contributed by atoms with Crippen LogP contribution in [0.15, 0.2) is 88.5 Å². The SMILES string of the molecule is CCOc1cc(/C=N\OCc2cccc([N+](=O)[O-])c2)cc(Br)c1OCc1cccc2ccccc12. The lowest BCUT2D eigenvalue weighted by Gasteiger charge is -2.15. The number of halogens is 1. The fourth-order valence-electron chi connectivity index (χ4n) is 3.60. The number of non-ortho nitro benzene ring substituents is 1. The largest absolute Gasteiger partial charge is 0.490 e. The molecule has 0 amide bonds. The van der Waals surface area contributed by atoms with Gasteiger partial charge in [0.1, 0.15) is 13.2 Å². The number of hydrogen-bond donors (Lipinski definition) is 0. The molecule has 0 saturated carbocycles. The van der Waals surface area contributed by atoms with E-state index < -0.39 is 4.92 Å². The van der Waals surface area contributed by atoms with Crippen molar-refractivity contribution in [1.82, 2.24) is 0 Å². The van der Waals surface area contributed by atoms with Crippen molar-refractivity contribution in [2.75, 3.05) is 6.61 Å². The van der Waals surface area contributed by atoms with Gasteiger partial charge >= 0.3 is 0 Å². The van der Waals surface area contributed by atoms with Crippen molar-refractivity contribution in [2.24, 2.45) is 5.16 Å². The summed E-state index contributed by atoms with van der Waals surface area (Å²) in [5.74, 6) is 1.19. The number of ether oxygens (including phenoxy) is 2. The molecule has 0 saturated heterocycles. The third-order valence-electron chi connectivity index (χ3n) is 5.21. The minimum atomic E-state index is -0.441. The second-order valence-electron chi connectivity index (χ2n) is 7.62. The summed E-state index contributed by atoms with van der Waals surface area (Å²) in [6.45, 7) is 2.88. The molecule has 0 spiro atoms. The maximum Gasteiger partial charge on any atom is 0.269 e. The van der Waals surface area contributed by atoms with E-state index in [-0.39, 0.29) is 12.3 Å². The van der Waals surface area contributed by atoms with Crippen LogP contribution in [0.2, 0.25) is 0 Å². The van der Waals surface area contributed by atoms with Gasteiger partial charge in [-0.15, -0.1) is 0 Å². The summed E-state index contributed by atoms with van der Waals surface area (Å²) in [5.41, 5.74) is 2.50. The number of fused-ring (bicyclic) bond motifs is 1. The van der Waals surface area contributed by atoms with Crippen LogP contribution in [0.4, 0.5) is 5.69 Å². The highest BCUT2D eigenvalue weighted by atomic mass is 79.9. The van der Waals surface area contributed by atoms with Gasteiger partial charge in [0.05, 0.1) is 22.2 Å². The summed E-state index contributed by atoms with van der Waals surface area (Å²) in [5, 5.41) is 17.2. The van der Waals surface area contributed by atoms with Gasteiger partial charge in [0, 0.05) is 17.7 Å². The Balaban J connectivity index is 1.46. The molecule has 4 rings (SSSR count). The molecule has 4 aromatic rings. The van der Waals surface area contributed by atoms with E-state index in [2.05, 4.69) is 45.4 Å². The van der Waals surface area contributed by atoms with Crippen LogP contribution in [0.5, 0.6) is 11.5 Å². The molecule has 0 radical (unpaired) electrons. The zero-order valence-electron chi connectivity index (χ0n) is 19.0. The minimum Gasteiger partial charge on any atom is -0.490 e. The highest BCUT2D eigenvalue weighted by Gasteiger charge is 2.13. The van der Waals surface area contributed by atoms with Crippen LogP contribution in [0.3, 0.4) is 0 Å². The number of nitro benzene ring substituents is 1. The number of nitrogens with zero attached hydrogens (tertiary/aromatic N) is 2. The highest BCUT2D eigenvalue weighted by Crippen LogP contribution is 2.37. The Labute approximate surface area is 211 Å². The lowest BCUT2D eigenvalue weighted by atomic mass is 10.1. The Morgan fingerprint density at radius 1 is 0.971 bits per heavy atom. The minimum absolute atomic E-state index is 0.0134. The monoisotopic (exact) mass is 534 g/mol. The maximum atomic E-state index is 10.9. The van der Waals surface area contributed by atoms with Crippen LogP contribution < -0.4 is 9.47 Å². The fourth-order valence-corrected chi connectivity index (χ4v) is 4.18. The summed E-state index contributed by atoms with van der Waals surface area (Å²) in [6.07, 6.45) is 1.55. The zero-order valence-corrected chi connectivity index (χ0v) is 20.6. The van der Waals surface area contributed by atoms with Gasteiger partial charge in [-0.1, -0.05) is 59.8 Å². The average molecular weight is 535 g/mol. The molecule has 7 nitrogen and oxygen atoms in total. The maximum absolute atomic E-state index is 10.9. The van der Waals surface area contributed by atoms with Gasteiger partial charge in [0.15, 0.2) is 11.5 Å². The molecule has 0 aromatic heterocycles. The van der Waals surface area contributed by atoms with E-state index in [4.69, 9.17) is 14.3 Å². The first-order valence-electron chi connectivity index (χ1n) is 11.0. The predicted octanol–water partition coefficient (Wildman–Crippen LogP) is 7.04. The van der Waals surface area contributed by atoms with Crippen LogP contribution in [0.1, 0.15) is 23.6 Å². The molecule has 0 heterocycles. The molecule has 0 aliphatic rings. The molecule has 0 N–H and O–H groups in total. The standard InChI is InChI=1S/C27H23BrN2O5/c1-2-33-26-15-20(16-29-35-17-19-7-5-11-23(13-19)30(31)32)14-25(28)27(26)34-18-22-10-6-9-21-8-3-4-12-24(21)22/h3-16H,2,17-18H2,1H3/b29-16-. The second-order valence-corrected chi connectivity index (χ2v) is 8.48. The fraction of sp³-hybridized carbons (Fsp3) is 0.148. The quantitative estimate of drug-likeness (QED) is 0.124. The first-order valence-corrected chi connectivity index (χ1v) is 11.8. The number of benzene rings is 4. The lowest BCUT2D eigenvalue weighted by molar-refractivity contribution is -0.384. The highest BCUT2D eigenvalue weighted by molar-refractivity contribution is 9.10. The number of oxime groups is 1. The molecule has 0 bridgehead atoms. The second kappa shape index (κ2) is 11.5. The Morgan fingerprint density at radius 3 is 2.60 bits per heavy atom. The molecular weight excluding hydrogens is 512 g/mol. The smallest absolute Gasteiger partial charge is 0.269 e. The van der Waals surface area contributed by atoms with Gasteiger partial charge in [0.2, 0.25) is 0 Å². The van der Waals surface area contributed by atoms with E-state index >= 15 is 0 Å². The van der Waals surface area contributed by atoms with Crippen molar-refractivity contribution in [3.8, 4) is 11.5 Å². The number of hydrogen-bond acceptors (Lipinski definition) is 6. The van der Waals surface area contributed by atoms with Crippen LogP contribution >= 0.6 is 15.9 Å². The van der Waals surface area contributed by atoms with Crippen molar-refractivity contribution in [3.63, 3.8) is 0 Å². The summed E-state index contributed by atoms with van der Waals surface area (Å²) in [6, 6.07) is 24.3. The summed E-state index contributed by atoms with van der Waals surface area (Å²) in [4.78, 5) is 15.8. The van der Waals surface area contributed by atoms with E-state index in [1.165, 1.54) is 12.1 Å². The Kier molecular flexibility index (Phi) is 7.95. The topological polar surface area (TPSA) is 83.2 Å². The molecule has 0 atom stereocenters. The molecule has 35 heavy (non-hydrogen) atoms. The lowest BCUT2D eigenvalue weighted by Crippen LogP contribution is -2.02. The molecular formula is C27H23BrN2O5. The molecule has 0 aliphatic carbocycles. The van der Waals surface area contributed by atoms with Gasteiger partial charge in [0.25, 0.3) is 5.69 Å². The third-order valence-corrected chi connectivity index (χ3v) is 5.80. The average Bonchev–Trinajstić information content (AvgIpc) is 2.86. The van der Waals surface area contributed by atoms with E-state index in [1.54, 1.807) is 18.3 Å².